The molecule has 2 aliphatic carbocycles. The predicted octanol–water partition coefficient (Wildman–Crippen LogP) is 9.64. The Morgan fingerprint density at radius 1 is 0.515 bits per heavy atom. The number of fused-ring (bicyclic) bond motifs is 3. The highest BCUT2D eigenvalue weighted by Gasteiger charge is 2.29. The van der Waals surface area contributed by atoms with Crippen molar-refractivity contribution >= 4 is 21.5 Å². The molecule has 0 spiro atoms. The van der Waals surface area contributed by atoms with Gasteiger partial charge in [0.1, 0.15) is 0 Å². The molecule has 0 atom stereocenters. The van der Waals surface area contributed by atoms with Crippen LogP contribution in [0.5, 0.6) is 0 Å². The molecule has 5 rings (SSSR count). The monoisotopic (exact) mass is 429 g/mol. The smallest absolute Gasteiger partial charge is 0.0574 e. The molecule has 0 fully saturated rings. The second-order valence-corrected chi connectivity index (χ2v) is 11.3. The van der Waals surface area contributed by atoms with Crippen LogP contribution in [-0.4, -0.2) is 0 Å². The molecule has 0 unspecified atom stereocenters. The van der Waals surface area contributed by atoms with Crippen LogP contribution in [0, 0.1) is 0 Å². The van der Waals surface area contributed by atoms with Gasteiger partial charge >= 0.3 is 0 Å². The van der Waals surface area contributed by atoms with Crippen molar-refractivity contribution in [1.82, 2.24) is 0 Å². The molecule has 0 amide bonds. The van der Waals surface area contributed by atoms with Crippen molar-refractivity contribution in [3.63, 3.8) is 0 Å². The molecular formula is C33H33+. The molecule has 0 aliphatic heterocycles. The molecule has 0 nitrogen and oxygen atoms in total. The second-order valence-electron chi connectivity index (χ2n) is 11.3. The lowest BCUT2D eigenvalue weighted by Crippen LogP contribution is -2.10. The SMILES string of the molecule is CC(C)(C)c1ccc2c(-[c+]3c4ccccc4ccc4ccccc43)cc(C(C)(C)C)c-2cc1. The van der Waals surface area contributed by atoms with E-state index in [1.807, 2.05) is 0 Å². The van der Waals surface area contributed by atoms with Gasteiger partial charge in [0.2, 0.25) is 0 Å². The average Bonchev–Trinajstić information content (AvgIpc) is 2.90. The summed E-state index contributed by atoms with van der Waals surface area (Å²) in [4.78, 5) is 0. The highest BCUT2D eigenvalue weighted by molar-refractivity contribution is 6.12. The lowest BCUT2D eigenvalue weighted by atomic mass is 9.85. The Bertz CT molecular complexity index is 1400. The first-order valence-corrected chi connectivity index (χ1v) is 12.0. The fourth-order valence-electron chi connectivity index (χ4n) is 5.03. The average molecular weight is 430 g/mol. The lowest BCUT2D eigenvalue weighted by molar-refractivity contribution is 0.590. The molecule has 33 heavy (non-hydrogen) atoms. The van der Waals surface area contributed by atoms with Gasteiger partial charge in [-0.2, -0.15) is 0 Å². The van der Waals surface area contributed by atoms with Crippen molar-refractivity contribution in [1.29, 1.82) is 0 Å². The van der Waals surface area contributed by atoms with E-state index in [9.17, 15) is 0 Å². The first-order chi connectivity index (χ1) is 15.6. The number of benzene rings is 2. The Labute approximate surface area is 198 Å². The van der Waals surface area contributed by atoms with E-state index in [-0.39, 0.29) is 10.8 Å². The minimum Gasteiger partial charge on any atom is -0.0574 e. The van der Waals surface area contributed by atoms with Crippen LogP contribution in [0.4, 0.5) is 0 Å². The molecule has 164 valence electrons. The van der Waals surface area contributed by atoms with Crippen LogP contribution in [0.1, 0.15) is 52.7 Å². The van der Waals surface area contributed by atoms with E-state index in [1.54, 1.807) is 0 Å². The van der Waals surface area contributed by atoms with Gasteiger partial charge in [-0.3, -0.25) is 0 Å². The van der Waals surface area contributed by atoms with Crippen molar-refractivity contribution in [2.45, 2.75) is 52.4 Å². The minimum atomic E-state index is 0.0509. The third-order valence-electron chi connectivity index (χ3n) is 6.86. The van der Waals surface area contributed by atoms with E-state index in [0.717, 1.165) is 0 Å². The van der Waals surface area contributed by atoms with Gasteiger partial charge in [0.05, 0.1) is 21.9 Å². The number of hydrogen-bond acceptors (Lipinski definition) is 0. The standard InChI is InChI=1S/C33H33/c1-32(2,3)24-17-19-27-28(20-18-24)30(33(4,5)6)21-29(27)31-25-13-9-7-11-22(25)15-16-23-12-8-10-14-26(23)31/h7-21H,1-6H3/q+1. The molecule has 0 aromatic heterocycles. The molecule has 0 saturated carbocycles. The molecule has 0 heterocycles. The molecule has 0 bridgehead atoms. The predicted molar refractivity (Wildman–Crippen MR) is 145 cm³/mol. The maximum absolute atomic E-state index is 2.45. The van der Waals surface area contributed by atoms with Gasteiger partial charge < -0.3 is 0 Å². The Hall–Kier alpha value is -3.25. The van der Waals surface area contributed by atoms with Gasteiger partial charge in [-0.25, -0.2) is 0 Å². The van der Waals surface area contributed by atoms with Crippen molar-refractivity contribution < 1.29 is 0 Å². The quantitative estimate of drug-likeness (QED) is 0.233. The molecule has 3 aromatic rings. The zero-order valence-electron chi connectivity index (χ0n) is 20.7. The molecule has 0 N–H and O–H groups in total. The maximum Gasteiger partial charge on any atom is 0.0650 e. The second kappa shape index (κ2) is 7.66. The van der Waals surface area contributed by atoms with Gasteiger partial charge in [0, 0.05) is 21.9 Å². The van der Waals surface area contributed by atoms with Gasteiger partial charge in [0.15, 0.2) is 0 Å². The summed E-state index contributed by atoms with van der Waals surface area (Å²) < 4.78 is 0. The molecule has 0 radical (unpaired) electrons. The van der Waals surface area contributed by atoms with Crippen molar-refractivity contribution in [3.05, 3.63) is 102 Å². The minimum absolute atomic E-state index is 0.0509. The first-order valence-electron chi connectivity index (χ1n) is 12.0. The highest BCUT2D eigenvalue weighted by Crippen LogP contribution is 2.47. The Morgan fingerprint density at radius 2 is 1.03 bits per heavy atom. The van der Waals surface area contributed by atoms with Gasteiger partial charge in [-0.15, -0.1) is 0 Å². The van der Waals surface area contributed by atoms with E-state index < -0.39 is 0 Å². The number of hydrogen-bond donors (Lipinski definition) is 0. The zero-order valence-corrected chi connectivity index (χ0v) is 20.7. The molecule has 3 aromatic carbocycles. The van der Waals surface area contributed by atoms with Crippen molar-refractivity contribution in [3.8, 4) is 22.3 Å². The van der Waals surface area contributed by atoms with Crippen LogP contribution in [0.15, 0.2) is 91.0 Å². The normalized spacial score (nSPS) is 12.5. The Morgan fingerprint density at radius 3 is 1.55 bits per heavy atom. The van der Waals surface area contributed by atoms with Crippen LogP contribution in [0.25, 0.3) is 43.8 Å². The van der Waals surface area contributed by atoms with E-state index in [4.69, 9.17) is 0 Å². The van der Waals surface area contributed by atoms with Gasteiger partial charge in [-0.1, -0.05) is 65.8 Å². The van der Waals surface area contributed by atoms with Crippen molar-refractivity contribution in [2.75, 3.05) is 0 Å². The van der Waals surface area contributed by atoms with Gasteiger partial charge in [-0.05, 0) is 88.7 Å². The van der Waals surface area contributed by atoms with Crippen LogP contribution in [0.2, 0.25) is 0 Å². The molecular weight excluding hydrogens is 396 g/mol. The molecule has 0 heteroatoms. The third kappa shape index (κ3) is 3.78. The van der Waals surface area contributed by atoms with Crippen LogP contribution < -0.4 is 0 Å². The summed E-state index contributed by atoms with van der Waals surface area (Å²) in [5.74, 6) is 0. The summed E-state index contributed by atoms with van der Waals surface area (Å²) in [5.41, 5.74) is 8.27. The summed E-state index contributed by atoms with van der Waals surface area (Å²) in [6.07, 6.45) is 0. The summed E-state index contributed by atoms with van der Waals surface area (Å²) >= 11 is 0. The topological polar surface area (TPSA) is 0 Å². The van der Waals surface area contributed by atoms with Crippen LogP contribution in [-0.2, 0) is 10.8 Å². The zero-order chi connectivity index (χ0) is 23.4. The first kappa shape index (κ1) is 21.6. The summed E-state index contributed by atoms with van der Waals surface area (Å²) in [6.45, 7) is 13.8. The Balaban J connectivity index is 1.97. The maximum atomic E-state index is 2.45. The molecule has 0 saturated heterocycles. The van der Waals surface area contributed by atoms with E-state index in [2.05, 4.69) is 133 Å². The van der Waals surface area contributed by atoms with Gasteiger partial charge in [0.25, 0.3) is 0 Å². The third-order valence-corrected chi connectivity index (χ3v) is 6.86. The van der Waals surface area contributed by atoms with E-state index in [1.165, 1.54) is 54.9 Å². The largest absolute Gasteiger partial charge is 0.0650 e. The summed E-state index contributed by atoms with van der Waals surface area (Å²) in [6, 6.07) is 33.9. The summed E-state index contributed by atoms with van der Waals surface area (Å²) in [5, 5.41) is 5.14. The van der Waals surface area contributed by atoms with E-state index in [0.29, 0.717) is 0 Å². The Kier molecular flexibility index (Phi) is 5.01. The fraction of sp³-hybridized carbons (Fsp3) is 0.242. The lowest BCUT2D eigenvalue weighted by Gasteiger charge is -2.18. The van der Waals surface area contributed by atoms with E-state index >= 15 is 0 Å². The highest BCUT2D eigenvalue weighted by atomic mass is 14.3. The van der Waals surface area contributed by atoms with Crippen molar-refractivity contribution in [2.24, 2.45) is 0 Å². The van der Waals surface area contributed by atoms with Crippen LogP contribution >= 0.6 is 0 Å². The number of rotatable bonds is 1. The summed E-state index contributed by atoms with van der Waals surface area (Å²) in [7, 11) is 0. The van der Waals surface area contributed by atoms with Crippen LogP contribution in [0.3, 0.4) is 0 Å². The fourth-order valence-corrected chi connectivity index (χ4v) is 5.03. The molecule has 2 aliphatic rings.